The maximum Gasteiger partial charge on any atom is 0.158 e. The Morgan fingerprint density at radius 3 is 3.11 bits per heavy atom. The molecule has 0 saturated heterocycles. The van der Waals surface area contributed by atoms with E-state index in [1.54, 1.807) is 7.11 Å². The van der Waals surface area contributed by atoms with Crippen LogP contribution in [0.4, 0.5) is 0 Å². The van der Waals surface area contributed by atoms with E-state index in [-0.39, 0.29) is 11.3 Å². The number of hydrogen-bond acceptors (Lipinski definition) is 2. The first-order chi connectivity index (χ1) is 9.23. The van der Waals surface area contributed by atoms with Crippen molar-refractivity contribution in [3.63, 3.8) is 0 Å². The van der Waals surface area contributed by atoms with Crippen LogP contribution in [-0.2, 0) is 16.6 Å². The molecule has 0 heterocycles. The highest BCUT2D eigenvalue weighted by atomic mass is 16.5. The SMILES string of the molecule is COc1ccc2c(c1)CC[C@@H]1C[C@@H]3C[C@@]21C=CC3=O. The highest BCUT2D eigenvalue weighted by Crippen LogP contribution is 2.57. The lowest BCUT2D eigenvalue weighted by molar-refractivity contribution is -0.118. The van der Waals surface area contributed by atoms with Gasteiger partial charge in [-0.3, -0.25) is 4.79 Å². The summed E-state index contributed by atoms with van der Waals surface area (Å²) in [6, 6.07) is 6.47. The predicted octanol–water partition coefficient (Wildman–Crippen LogP) is 3.04. The maximum atomic E-state index is 11.9. The second-order valence-electron chi connectivity index (χ2n) is 6.17. The molecular formula is C17H18O2. The van der Waals surface area contributed by atoms with Crippen LogP contribution in [-0.4, -0.2) is 12.9 Å². The molecule has 1 fully saturated rings. The van der Waals surface area contributed by atoms with Crippen LogP contribution in [0.1, 0.15) is 30.4 Å². The molecule has 2 heteroatoms. The van der Waals surface area contributed by atoms with Crippen molar-refractivity contribution < 1.29 is 9.53 Å². The summed E-state index contributed by atoms with van der Waals surface area (Å²) in [5.41, 5.74) is 2.99. The first-order valence-corrected chi connectivity index (χ1v) is 7.13. The third-order valence-corrected chi connectivity index (χ3v) is 5.41. The lowest BCUT2D eigenvalue weighted by Gasteiger charge is -2.40. The van der Waals surface area contributed by atoms with Gasteiger partial charge in [0.2, 0.25) is 0 Å². The van der Waals surface area contributed by atoms with E-state index in [1.165, 1.54) is 17.5 Å². The molecule has 0 radical (unpaired) electrons. The van der Waals surface area contributed by atoms with Crippen LogP contribution in [0.5, 0.6) is 5.75 Å². The molecule has 1 saturated carbocycles. The van der Waals surface area contributed by atoms with Crippen LogP contribution in [0.25, 0.3) is 0 Å². The number of carbonyl (C=O) groups excluding carboxylic acids is 1. The minimum atomic E-state index is 0.137. The highest BCUT2D eigenvalue weighted by Gasteiger charge is 2.52. The molecule has 3 aliphatic carbocycles. The van der Waals surface area contributed by atoms with Gasteiger partial charge in [0, 0.05) is 11.3 Å². The minimum absolute atomic E-state index is 0.137. The van der Waals surface area contributed by atoms with E-state index < -0.39 is 0 Å². The van der Waals surface area contributed by atoms with Crippen molar-refractivity contribution in [3.05, 3.63) is 41.5 Å². The van der Waals surface area contributed by atoms with Crippen molar-refractivity contribution in [2.24, 2.45) is 11.8 Å². The van der Waals surface area contributed by atoms with Gasteiger partial charge in [-0.2, -0.15) is 0 Å². The van der Waals surface area contributed by atoms with Gasteiger partial charge in [0.15, 0.2) is 5.78 Å². The van der Waals surface area contributed by atoms with E-state index in [1.807, 2.05) is 6.08 Å². The second-order valence-corrected chi connectivity index (χ2v) is 6.17. The van der Waals surface area contributed by atoms with Gasteiger partial charge in [-0.05, 0) is 60.9 Å². The van der Waals surface area contributed by atoms with Crippen molar-refractivity contribution >= 4 is 5.78 Å². The van der Waals surface area contributed by atoms with E-state index in [2.05, 4.69) is 24.3 Å². The maximum absolute atomic E-state index is 11.9. The first-order valence-electron chi connectivity index (χ1n) is 7.13. The Balaban J connectivity index is 1.88. The number of methoxy groups -OCH3 is 1. The zero-order valence-corrected chi connectivity index (χ0v) is 11.2. The summed E-state index contributed by atoms with van der Waals surface area (Å²) in [6.07, 6.45) is 8.47. The Bertz CT molecular complexity index is 587. The molecule has 1 aromatic rings. The molecule has 0 unspecified atom stereocenters. The summed E-state index contributed by atoms with van der Waals surface area (Å²) in [7, 11) is 1.72. The summed E-state index contributed by atoms with van der Waals surface area (Å²) >= 11 is 0. The summed E-state index contributed by atoms with van der Waals surface area (Å²) in [4.78, 5) is 11.9. The average molecular weight is 254 g/mol. The van der Waals surface area contributed by atoms with Crippen molar-refractivity contribution in [3.8, 4) is 5.75 Å². The quantitative estimate of drug-likeness (QED) is 0.770. The van der Waals surface area contributed by atoms with Gasteiger partial charge in [-0.15, -0.1) is 0 Å². The molecule has 3 atom stereocenters. The van der Waals surface area contributed by atoms with Crippen LogP contribution in [0, 0.1) is 11.8 Å². The molecule has 0 aromatic heterocycles. The summed E-state index contributed by atoms with van der Waals surface area (Å²) < 4.78 is 5.34. The molecule has 3 aliphatic rings. The van der Waals surface area contributed by atoms with Crippen LogP contribution in [0.15, 0.2) is 30.4 Å². The molecule has 1 spiro atoms. The Kier molecular flexibility index (Phi) is 2.21. The fourth-order valence-electron chi connectivity index (χ4n) is 4.48. The fourth-order valence-corrected chi connectivity index (χ4v) is 4.48. The van der Waals surface area contributed by atoms with Gasteiger partial charge < -0.3 is 4.74 Å². The molecule has 0 amide bonds. The van der Waals surface area contributed by atoms with Crippen LogP contribution < -0.4 is 4.74 Å². The highest BCUT2D eigenvalue weighted by molar-refractivity contribution is 5.94. The van der Waals surface area contributed by atoms with Crippen LogP contribution in [0.3, 0.4) is 0 Å². The van der Waals surface area contributed by atoms with E-state index >= 15 is 0 Å². The number of aryl methyl sites for hydroxylation is 1. The fraction of sp³-hybridized carbons (Fsp3) is 0.471. The van der Waals surface area contributed by atoms with Gasteiger partial charge in [0.25, 0.3) is 0 Å². The molecule has 98 valence electrons. The summed E-state index contributed by atoms with van der Waals surface area (Å²) in [5, 5.41) is 0. The monoisotopic (exact) mass is 254 g/mol. The van der Waals surface area contributed by atoms with E-state index in [9.17, 15) is 4.79 Å². The number of hydrogen-bond donors (Lipinski definition) is 0. The third kappa shape index (κ3) is 1.40. The van der Waals surface area contributed by atoms with E-state index in [0.717, 1.165) is 25.0 Å². The molecule has 2 nitrogen and oxygen atoms in total. The molecule has 0 N–H and O–H groups in total. The topological polar surface area (TPSA) is 26.3 Å². The van der Waals surface area contributed by atoms with Crippen LogP contribution in [0.2, 0.25) is 0 Å². The smallest absolute Gasteiger partial charge is 0.158 e. The molecular weight excluding hydrogens is 236 g/mol. The largest absolute Gasteiger partial charge is 0.497 e. The zero-order chi connectivity index (χ0) is 13.0. The number of carbonyl (C=O) groups is 1. The Morgan fingerprint density at radius 2 is 2.26 bits per heavy atom. The summed E-state index contributed by atoms with van der Waals surface area (Å²) in [5.74, 6) is 2.21. The second kappa shape index (κ2) is 3.72. The van der Waals surface area contributed by atoms with Crippen molar-refractivity contribution in [1.82, 2.24) is 0 Å². The number of allylic oxidation sites excluding steroid dienone is 2. The van der Waals surface area contributed by atoms with Crippen molar-refractivity contribution in [1.29, 1.82) is 0 Å². The van der Waals surface area contributed by atoms with Gasteiger partial charge in [0.1, 0.15) is 5.75 Å². The molecule has 19 heavy (non-hydrogen) atoms. The van der Waals surface area contributed by atoms with Gasteiger partial charge in [0.05, 0.1) is 7.11 Å². The number of rotatable bonds is 1. The predicted molar refractivity (Wildman–Crippen MR) is 73.4 cm³/mol. The minimum Gasteiger partial charge on any atom is -0.497 e. The number of benzene rings is 1. The van der Waals surface area contributed by atoms with Gasteiger partial charge in [-0.1, -0.05) is 12.1 Å². The van der Waals surface area contributed by atoms with Crippen molar-refractivity contribution in [2.75, 3.05) is 7.11 Å². The Labute approximate surface area is 113 Å². The Morgan fingerprint density at radius 1 is 1.37 bits per heavy atom. The Hall–Kier alpha value is -1.57. The third-order valence-electron chi connectivity index (χ3n) is 5.41. The first kappa shape index (κ1) is 11.3. The molecule has 4 rings (SSSR count). The van der Waals surface area contributed by atoms with Gasteiger partial charge in [-0.25, -0.2) is 0 Å². The molecule has 2 bridgehead atoms. The average Bonchev–Trinajstić information content (AvgIpc) is 2.78. The van der Waals surface area contributed by atoms with E-state index in [4.69, 9.17) is 4.74 Å². The summed E-state index contributed by atoms with van der Waals surface area (Å²) in [6.45, 7) is 0. The number of ketones is 1. The lowest BCUT2D eigenvalue weighted by atomic mass is 9.64. The zero-order valence-electron chi connectivity index (χ0n) is 11.2. The van der Waals surface area contributed by atoms with Crippen LogP contribution >= 0.6 is 0 Å². The van der Waals surface area contributed by atoms with Gasteiger partial charge >= 0.3 is 0 Å². The lowest BCUT2D eigenvalue weighted by Crippen LogP contribution is -2.35. The molecule has 1 aromatic carbocycles. The van der Waals surface area contributed by atoms with Crippen molar-refractivity contribution in [2.45, 2.75) is 31.1 Å². The number of fused-ring (bicyclic) bond motifs is 2. The van der Waals surface area contributed by atoms with E-state index in [0.29, 0.717) is 11.7 Å². The normalized spacial score (nSPS) is 34.9. The molecule has 0 aliphatic heterocycles. The standard InChI is InChI=1S/C17H18O2/c1-19-14-4-5-15-11(9-14)2-3-13-8-12-10-17(13,15)7-6-16(12)18/h4-7,9,12-13H,2-3,8,10H2,1H3/t12-,13-,17-/m1/s1. The number of ether oxygens (including phenoxy) is 1.